The van der Waals surface area contributed by atoms with Crippen LogP contribution < -0.4 is 10.6 Å². The number of carboxylic acids is 1. The number of nitrogens with one attached hydrogen (secondary N) is 2. The van der Waals surface area contributed by atoms with Crippen molar-refractivity contribution in [3.8, 4) is 11.3 Å². The van der Waals surface area contributed by atoms with Gasteiger partial charge < -0.3 is 15.7 Å². The Kier molecular flexibility index (Phi) is 7.77. The molecule has 1 aliphatic rings. The van der Waals surface area contributed by atoms with E-state index in [-0.39, 0.29) is 11.3 Å². The molecular weight excluding hydrogens is 510 g/mol. The van der Waals surface area contributed by atoms with Crippen LogP contribution in [0.15, 0.2) is 66.9 Å². The molecule has 206 valence electrons. The molecule has 0 aliphatic heterocycles. The summed E-state index contributed by atoms with van der Waals surface area (Å²) in [6.07, 6.45) is 7.07. The van der Waals surface area contributed by atoms with Crippen molar-refractivity contribution in [3.05, 3.63) is 93.7 Å². The van der Waals surface area contributed by atoms with Gasteiger partial charge in [0.1, 0.15) is 11.5 Å². The monoisotopic (exact) mass is 541 g/mol. The number of carbonyl (C=O) groups is 2. The number of nitro groups is 1. The summed E-state index contributed by atoms with van der Waals surface area (Å²) in [6.45, 7) is 2.02. The molecule has 40 heavy (non-hydrogen) atoms. The first-order valence-corrected chi connectivity index (χ1v) is 13.4. The summed E-state index contributed by atoms with van der Waals surface area (Å²) in [5, 5.41) is 27.3. The molecule has 1 atom stereocenters. The Labute approximate surface area is 231 Å². The number of imidazole rings is 1. The fourth-order valence-corrected chi connectivity index (χ4v) is 5.33. The number of fused-ring (bicyclic) bond motifs is 1. The van der Waals surface area contributed by atoms with E-state index in [1.807, 2.05) is 35.7 Å². The number of non-ortho nitro benzene ring substituents is 1. The summed E-state index contributed by atoms with van der Waals surface area (Å²) in [4.78, 5) is 40.9. The lowest BCUT2D eigenvalue weighted by atomic mass is 9.95. The highest BCUT2D eigenvalue weighted by atomic mass is 16.6. The zero-order chi connectivity index (χ0) is 28.2. The molecule has 1 fully saturated rings. The average molecular weight is 542 g/mol. The molecule has 0 radical (unpaired) electrons. The predicted molar refractivity (Wildman–Crippen MR) is 151 cm³/mol. The summed E-state index contributed by atoms with van der Waals surface area (Å²) < 4.78 is 1.88. The number of nitro benzene ring substituents is 1. The molecule has 0 spiro atoms. The minimum Gasteiger partial charge on any atom is -0.481 e. The van der Waals surface area contributed by atoms with Crippen LogP contribution >= 0.6 is 0 Å². The Bertz CT molecular complexity index is 1570. The minimum absolute atomic E-state index is 0.182. The largest absolute Gasteiger partial charge is 0.481 e. The van der Waals surface area contributed by atoms with Gasteiger partial charge in [0.25, 0.3) is 11.6 Å². The quantitative estimate of drug-likeness (QED) is 0.177. The van der Waals surface area contributed by atoms with Gasteiger partial charge in [-0.15, -0.1) is 0 Å². The zero-order valence-corrected chi connectivity index (χ0v) is 22.2. The maximum Gasteiger partial charge on any atom is 0.305 e. The first-order valence-electron chi connectivity index (χ1n) is 13.4. The SMILES string of the molecule is Cc1cccc(-c2nc3c(C(=O)NC(CC(=O)O)c4cccc([N+](=O)[O-])c4)cccn3c2NC2CCCCC2)c1. The summed E-state index contributed by atoms with van der Waals surface area (Å²) >= 11 is 0. The molecule has 10 heteroatoms. The normalized spacial score (nSPS) is 14.5. The highest BCUT2D eigenvalue weighted by molar-refractivity contribution is 6.01. The van der Waals surface area contributed by atoms with Gasteiger partial charge >= 0.3 is 5.97 Å². The molecular formula is C30H31N5O5. The van der Waals surface area contributed by atoms with Gasteiger partial charge in [0.15, 0.2) is 5.65 Å². The van der Waals surface area contributed by atoms with E-state index in [9.17, 15) is 24.8 Å². The van der Waals surface area contributed by atoms with Crippen LogP contribution in [0.3, 0.4) is 0 Å². The van der Waals surface area contributed by atoms with Crippen molar-refractivity contribution in [1.82, 2.24) is 14.7 Å². The number of amides is 1. The molecule has 1 saturated carbocycles. The standard InChI is InChI=1S/C30H31N5O5/c1-19-8-5-10-21(16-19)27-29(31-22-11-3-2-4-12-22)34-15-7-14-24(28(34)33-27)30(38)32-25(18-26(36)37)20-9-6-13-23(17-20)35(39)40/h5-10,13-17,22,25,31H,2-4,11-12,18H2,1H3,(H,32,38)(H,36,37). The second kappa shape index (κ2) is 11.6. The van der Waals surface area contributed by atoms with Crippen LogP contribution in [0.5, 0.6) is 0 Å². The van der Waals surface area contributed by atoms with Gasteiger partial charge in [-0.05, 0) is 43.5 Å². The predicted octanol–water partition coefficient (Wildman–Crippen LogP) is 5.91. The van der Waals surface area contributed by atoms with Crippen LogP contribution in [0.25, 0.3) is 16.9 Å². The van der Waals surface area contributed by atoms with Crippen molar-refractivity contribution in [2.75, 3.05) is 5.32 Å². The highest BCUT2D eigenvalue weighted by Gasteiger charge is 2.25. The van der Waals surface area contributed by atoms with E-state index in [4.69, 9.17) is 4.98 Å². The van der Waals surface area contributed by atoms with Crippen LogP contribution in [0.4, 0.5) is 11.5 Å². The number of carbonyl (C=O) groups excluding carboxylic acids is 1. The molecule has 1 unspecified atom stereocenters. The number of aromatic nitrogens is 2. The van der Waals surface area contributed by atoms with Crippen LogP contribution in [-0.2, 0) is 4.79 Å². The van der Waals surface area contributed by atoms with Gasteiger partial charge in [0.05, 0.1) is 22.9 Å². The number of hydrogen-bond donors (Lipinski definition) is 3. The molecule has 2 aromatic heterocycles. The highest BCUT2D eigenvalue weighted by Crippen LogP contribution is 2.33. The minimum atomic E-state index is -1.14. The second-order valence-corrected chi connectivity index (χ2v) is 10.2. The number of aryl methyl sites for hydroxylation is 1. The van der Waals surface area contributed by atoms with E-state index in [0.29, 0.717) is 17.3 Å². The first-order chi connectivity index (χ1) is 19.3. The van der Waals surface area contributed by atoms with E-state index in [2.05, 4.69) is 16.7 Å². The number of anilines is 1. The first kappa shape index (κ1) is 26.9. The summed E-state index contributed by atoms with van der Waals surface area (Å²) in [5.41, 5.74) is 3.60. The van der Waals surface area contributed by atoms with E-state index < -0.39 is 29.3 Å². The van der Waals surface area contributed by atoms with Crippen LogP contribution in [-0.4, -0.2) is 37.3 Å². The van der Waals surface area contributed by atoms with Crippen molar-refractivity contribution in [3.63, 3.8) is 0 Å². The zero-order valence-electron chi connectivity index (χ0n) is 22.2. The fourth-order valence-electron chi connectivity index (χ4n) is 5.33. The van der Waals surface area contributed by atoms with Crippen LogP contribution in [0.1, 0.15) is 66.1 Å². The Hall–Kier alpha value is -4.73. The van der Waals surface area contributed by atoms with Crippen molar-refractivity contribution < 1.29 is 19.6 Å². The summed E-state index contributed by atoms with van der Waals surface area (Å²) in [7, 11) is 0. The average Bonchev–Trinajstić information content (AvgIpc) is 3.31. The van der Waals surface area contributed by atoms with Gasteiger partial charge in [-0.2, -0.15) is 0 Å². The van der Waals surface area contributed by atoms with Gasteiger partial charge in [-0.1, -0.05) is 55.2 Å². The molecule has 2 heterocycles. The molecule has 1 aliphatic carbocycles. The summed E-state index contributed by atoms with van der Waals surface area (Å²) in [6, 6.07) is 16.4. The van der Waals surface area contributed by atoms with Gasteiger partial charge in [0, 0.05) is 29.9 Å². The lowest BCUT2D eigenvalue weighted by Gasteiger charge is -2.24. The summed E-state index contributed by atoms with van der Waals surface area (Å²) in [5.74, 6) is -0.854. The number of hydrogen-bond acceptors (Lipinski definition) is 6. The van der Waals surface area contributed by atoms with Crippen molar-refractivity contribution in [2.24, 2.45) is 0 Å². The third-order valence-electron chi connectivity index (χ3n) is 7.30. The maximum atomic E-state index is 13.6. The Morgan fingerprint density at radius 2 is 1.88 bits per heavy atom. The van der Waals surface area contributed by atoms with Crippen molar-refractivity contribution >= 4 is 29.0 Å². The lowest BCUT2D eigenvalue weighted by Crippen LogP contribution is -2.30. The number of carboxylic acid groups (broad SMARTS) is 1. The smallest absolute Gasteiger partial charge is 0.305 e. The molecule has 0 saturated heterocycles. The molecule has 4 aromatic rings. The van der Waals surface area contributed by atoms with E-state index >= 15 is 0 Å². The van der Waals surface area contributed by atoms with E-state index in [1.54, 1.807) is 18.2 Å². The van der Waals surface area contributed by atoms with Crippen LogP contribution in [0.2, 0.25) is 0 Å². The third-order valence-corrected chi connectivity index (χ3v) is 7.30. The van der Waals surface area contributed by atoms with Crippen molar-refractivity contribution in [1.29, 1.82) is 0 Å². The number of rotatable bonds is 9. The lowest BCUT2D eigenvalue weighted by molar-refractivity contribution is -0.384. The van der Waals surface area contributed by atoms with Gasteiger partial charge in [-0.25, -0.2) is 4.98 Å². The maximum absolute atomic E-state index is 13.6. The van der Waals surface area contributed by atoms with Gasteiger partial charge in [-0.3, -0.25) is 24.1 Å². The Balaban J connectivity index is 1.55. The molecule has 3 N–H and O–H groups in total. The third kappa shape index (κ3) is 5.80. The molecule has 1 amide bonds. The number of nitrogens with zero attached hydrogens (tertiary/aromatic N) is 3. The van der Waals surface area contributed by atoms with Crippen molar-refractivity contribution in [2.45, 2.75) is 57.5 Å². The van der Waals surface area contributed by atoms with Crippen LogP contribution in [0, 0.1) is 17.0 Å². The number of pyridine rings is 1. The molecule has 2 aromatic carbocycles. The van der Waals surface area contributed by atoms with E-state index in [0.717, 1.165) is 48.3 Å². The van der Waals surface area contributed by atoms with E-state index in [1.165, 1.54) is 24.6 Å². The number of aliphatic carboxylic acids is 1. The fraction of sp³-hybridized carbons (Fsp3) is 0.300. The Morgan fingerprint density at radius 3 is 2.60 bits per heavy atom. The molecule has 0 bridgehead atoms. The molecule has 5 rings (SSSR count). The van der Waals surface area contributed by atoms with Gasteiger partial charge in [0.2, 0.25) is 0 Å². The Morgan fingerprint density at radius 1 is 1.10 bits per heavy atom. The number of benzene rings is 2. The second-order valence-electron chi connectivity index (χ2n) is 10.2. The topological polar surface area (TPSA) is 139 Å². The molecule has 10 nitrogen and oxygen atoms in total.